The second-order valence-electron chi connectivity index (χ2n) is 5.44. The molecule has 0 aliphatic rings. The van der Waals surface area contributed by atoms with Crippen molar-refractivity contribution >= 4 is 28.9 Å². The van der Waals surface area contributed by atoms with Crippen LogP contribution in [0.1, 0.15) is 26.3 Å². The van der Waals surface area contributed by atoms with Crippen LogP contribution >= 0.6 is 11.3 Å². The van der Waals surface area contributed by atoms with Crippen LogP contribution in [-0.2, 0) is 0 Å². The SMILES string of the molecule is Cc1ccc(C(=O)Nc2cc(C(=O)O)cc(-c3ccsc3)c2)cc1. The van der Waals surface area contributed by atoms with Crippen LogP contribution in [0.3, 0.4) is 0 Å². The molecule has 0 aliphatic carbocycles. The summed E-state index contributed by atoms with van der Waals surface area (Å²) in [6, 6.07) is 14.0. The Morgan fingerprint density at radius 1 is 0.958 bits per heavy atom. The molecular weight excluding hydrogens is 322 g/mol. The van der Waals surface area contributed by atoms with Gasteiger partial charge in [0.25, 0.3) is 5.91 Å². The highest BCUT2D eigenvalue weighted by Gasteiger charge is 2.12. The van der Waals surface area contributed by atoms with Gasteiger partial charge in [-0.25, -0.2) is 4.79 Å². The van der Waals surface area contributed by atoms with Crippen molar-refractivity contribution < 1.29 is 14.7 Å². The van der Waals surface area contributed by atoms with Gasteiger partial charge in [-0.05, 0) is 65.2 Å². The Bertz CT molecular complexity index is 883. The maximum absolute atomic E-state index is 12.3. The normalized spacial score (nSPS) is 10.4. The van der Waals surface area contributed by atoms with Crippen molar-refractivity contribution in [3.63, 3.8) is 0 Å². The fraction of sp³-hybridized carbons (Fsp3) is 0.0526. The van der Waals surface area contributed by atoms with Gasteiger partial charge in [-0.15, -0.1) is 0 Å². The molecule has 2 aromatic carbocycles. The van der Waals surface area contributed by atoms with Crippen LogP contribution in [0, 0.1) is 6.92 Å². The number of amides is 1. The van der Waals surface area contributed by atoms with Crippen LogP contribution in [0.4, 0.5) is 5.69 Å². The van der Waals surface area contributed by atoms with E-state index in [-0.39, 0.29) is 11.5 Å². The number of hydrogen-bond donors (Lipinski definition) is 2. The quantitative estimate of drug-likeness (QED) is 0.727. The smallest absolute Gasteiger partial charge is 0.335 e. The fourth-order valence-electron chi connectivity index (χ4n) is 2.33. The van der Waals surface area contributed by atoms with Crippen molar-refractivity contribution in [2.75, 3.05) is 5.32 Å². The van der Waals surface area contributed by atoms with E-state index in [1.54, 1.807) is 24.3 Å². The second-order valence-corrected chi connectivity index (χ2v) is 6.22. The summed E-state index contributed by atoms with van der Waals surface area (Å²) in [7, 11) is 0. The molecule has 0 fully saturated rings. The van der Waals surface area contributed by atoms with Gasteiger partial charge in [-0.1, -0.05) is 17.7 Å². The van der Waals surface area contributed by atoms with E-state index in [1.807, 2.05) is 35.9 Å². The molecule has 0 radical (unpaired) electrons. The molecule has 0 spiro atoms. The zero-order valence-corrected chi connectivity index (χ0v) is 13.8. The molecule has 1 heterocycles. The molecular formula is C19H15NO3S. The molecule has 2 N–H and O–H groups in total. The van der Waals surface area contributed by atoms with E-state index < -0.39 is 5.97 Å². The average molecular weight is 337 g/mol. The monoisotopic (exact) mass is 337 g/mol. The van der Waals surface area contributed by atoms with Gasteiger partial charge in [-0.3, -0.25) is 4.79 Å². The number of anilines is 1. The summed E-state index contributed by atoms with van der Waals surface area (Å²) in [6.45, 7) is 1.95. The highest BCUT2D eigenvalue weighted by Crippen LogP contribution is 2.27. The minimum atomic E-state index is -1.03. The zero-order chi connectivity index (χ0) is 17.1. The summed E-state index contributed by atoms with van der Waals surface area (Å²) in [5.74, 6) is -1.30. The molecule has 0 unspecified atom stereocenters. The van der Waals surface area contributed by atoms with Crippen molar-refractivity contribution in [1.29, 1.82) is 0 Å². The van der Waals surface area contributed by atoms with Crippen LogP contribution in [0.5, 0.6) is 0 Å². The Balaban J connectivity index is 1.93. The van der Waals surface area contributed by atoms with Crippen LogP contribution in [-0.4, -0.2) is 17.0 Å². The first-order valence-corrected chi connectivity index (χ1v) is 8.26. The first-order chi connectivity index (χ1) is 11.5. The lowest BCUT2D eigenvalue weighted by molar-refractivity contribution is 0.0696. The third kappa shape index (κ3) is 3.52. The number of rotatable bonds is 4. The van der Waals surface area contributed by atoms with Crippen molar-refractivity contribution in [3.8, 4) is 11.1 Å². The minimum absolute atomic E-state index is 0.137. The minimum Gasteiger partial charge on any atom is -0.478 e. The molecule has 0 atom stereocenters. The number of nitrogens with one attached hydrogen (secondary N) is 1. The number of hydrogen-bond acceptors (Lipinski definition) is 3. The zero-order valence-electron chi connectivity index (χ0n) is 12.9. The summed E-state index contributed by atoms with van der Waals surface area (Å²) >= 11 is 1.53. The summed E-state index contributed by atoms with van der Waals surface area (Å²) in [4.78, 5) is 23.7. The van der Waals surface area contributed by atoms with E-state index in [4.69, 9.17) is 0 Å². The molecule has 3 aromatic rings. The lowest BCUT2D eigenvalue weighted by Crippen LogP contribution is -2.12. The lowest BCUT2D eigenvalue weighted by Gasteiger charge is -2.09. The molecule has 0 saturated carbocycles. The van der Waals surface area contributed by atoms with Gasteiger partial charge in [0, 0.05) is 11.3 Å². The second kappa shape index (κ2) is 6.68. The Morgan fingerprint density at radius 3 is 2.33 bits per heavy atom. The maximum atomic E-state index is 12.3. The van der Waals surface area contributed by atoms with Crippen LogP contribution in [0.25, 0.3) is 11.1 Å². The lowest BCUT2D eigenvalue weighted by atomic mass is 10.0. The van der Waals surface area contributed by atoms with Crippen LogP contribution < -0.4 is 5.32 Å². The number of carbonyl (C=O) groups is 2. The summed E-state index contributed by atoms with van der Waals surface area (Å²) in [5, 5.41) is 15.9. The average Bonchev–Trinajstić information content (AvgIpc) is 3.09. The van der Waals surface area contributed by atoms with E-state index in [1.165, 1.54) is 17.4 Å². The van der Waals surface area contributed by atoms with Crippen molar-refractivity contribution in [1.82, 2.24) is 0 Å². The topological polar surface area (TPSA) is 66.4 Å². The Kier molecular flexibility index (Phi) is 4.44. The summed E-state index contributed by atoms with van der Waals surface area (Å²) in [6.07, 6.45) is 0. The number of thiophene rings is 1. The van der Waals surface area contributed by atoms with Gasteiger partial charge >= 0.3 is 5.97 Å². The molecule has 0 aliphatic heterocycles. The van der Waals surface area contributed by atoms with E-state index in [9.17, 15) is 14.7 Å². The van der Waals surface area contributed by atoms with E-state index in [0.29, 0.717) is 11.3 Å². The van der Waals surface area contributed by atoms with E-state index >= 15 is 0 Å². The van der Waals surface area contributed by atoms with Gasteiger partial charge in [0.2, 0.25) is 0 Å². The van der Waals surface area contributed by atoms with Crippen molar-refractivity contribution in [2.24, 2.45) is 0 Å². The van der Waals surface area contributed by atoms with Crippen molar-refractivity contribution in [3.05, 3.63) is 76.0 Å². The van der Waals surface area contributed by atoms with Gasteiger partial charge in [0.05, 0.1) is 5.56 Å². The van der Waals surface area contributed by atoms with Crippen molar-refractivity contribution in [2.45, 2.75) is 6.92 Å². The van der Waals surface area contributed by atoms with E-state index in [0.717, 1.165) is 16.7 Å². The molecule has 4 nitrogen and oxygen atoms in total. The van der Waals surface area contributed by atoms with Gasteiger partial charge in [-0.2, -0.15) is 11.3 Å². The number of carboxylic acids is 1. The molecule has 5 heteroatoms. The van der Waals surface area contributed by atoms with Crippen LogP contribution in [0.15, 0.2) is 59.3 Å². The molecule has 3 rings (SSSR count). The Labute approximate surface area is 143 Å². The van der Waals surface area contributed by atoms with Crippen LogP contribution in [0.2, 0.25) is 0 Å². The number of carboxylic acid groups (broad SMARTS) is 1. The Morgan fingerprint density at radius 2 is 1.71 bits per heavy atom. The third-order valence-electron chi connectivity index (χ3n) is 3.61. The molecule has 120 valence electrons. The third-order valence-corrected chi connectivity index (χ3v) is 4.29. The Hall–Kier alpha value is -2.92. The summed E-state index contributed by atoms with van der Waals surface area (Å²) < 4.78 is 0. The van der Waals surface area contributed by atoms with Gasteiger partial charge in [0.15, 0.2) is 0 Å². The predicted octanol–water partition coefficient (Wildman–Crippen LogP) is 4.67. The highest BCUT2D eigenvalue weighted by molar-refractivity contribution is 7.08. The van der Waals surface area contributed by atoms with Gasteiger partial charge in [0.1, 0.15) is 0 Å². The van der Waals surface area contributed by atoms with E-state index in [2.05, 4.69) is 5.32 Å². The van der Waals surface area contributed by atoms with Gasteiger partial charge < -0.3 is 10.4 Å². The highest BCUT2D eigenvalue weighted by atomic mass is 32.1. The first-order valence-electron chi connectivity index (χ1n) is 7.32. The summed E-state index contributed by atoms with van der Waals surface area (Å²) in [5.41, 5.74) is 3.88. The number of aryl methyl sites for hydroxylation is 1. The molecule has 24 heavy (non-hydrogen) atoms. The first kappa shape index (κ1) is 16.0. The maximum Gasteiger partial charge on any atom is 0.335 e. The molecule has 0 bridgehead atoms. The number of carbonyl (C=O) groups excluding carboxylic acids is 1. The fourth-order valence-corrected chi connectivity index (χ4v) is 2.99. The molecule has 1 aromatic heterocycles. The molecule has 0 saturated heterocycles. The largest absolute Gasteiger partial charge is 0.478 e. The number of benzene rings is 2. The standard InChI is InChI=1S/C19H15NO3S/c1-12-2-4-13(5-3-12)18(21)20-17-9-15(14-6-7-24-11-14)8-16(10-17)19(22)23/h2-11H,1H3,(H,20,21)(H,22,23). The molecule has 1 amide bonds. The predicted molar refractivity (Wildman–Crippen MR) is 95.8 cm³/mol. The number of aromatic carboxylic acids is 1.